The highest BCUT2D eigenvalue weighted by Crippen LogP contribution is 2.28. The van der Waals surface area contributed by atoms with Crippen molar-refractivity contribution < 1.29 is 0 Å². The predicted molar refractivity (Wildman–Crippen MR) is 113 cm³/mol. The number of benzene rings is 4. The molecule has 0 aliphatic rings. The fraction of sp³-hybridized carbons (Fsp3) is 0.167. The topological polar surface area (TPSA) is 0 Å². The van der Waals surface area contributed by atoms with Crippen LogP contribution in [0.1, 0.15) is 22.3 Å². The molecule has 0 spiro atoms. The zero-order chi connectivity index (χ0) is 17.2. The van der Waals surface area contributed by atoms with Crippen molar-refractivity contribution in [1.29, 1.82) is 0 Å². The van der Waals surface area contributed by atoms with Crippen molar-refractivity contribution in [2.24, 2.45) is 0 Å². The Kier molecular flexibility index (Phi) is 4.55. The van der Waals surface area contributed by atoms with E-state index in [2.05, 4.69) is 86.6 Å². The van der Waals surface area contributed by atoms with Crippen LogP contribution in [-0.2, 0) is 12.3 Å². The lowest BCUT2D eigenvalue weighted by Gasteiger charge is -2.07. The average molecular weight is 342 g/mol. The second kappa shape index (κ2) is 6.98. The average Bonchev–Trinajstić information content (AvgIpc) is 2.62. The summed E-state index contributed by atoms with van der Waals surface area (Å²) in [5.41, 5.74) is 5.56. The highest BCUT2D eigenvalue weighted by atomic mass is 31.1. The minimum absolute atomic E-state index is 0.925. The lowest BCUT2D eigenvalue weighted by Crippen LogP contribution is -1.84. The second-order valence-corrected chi connectivity index (χ2v) is 8.18. The predicted octanol–water partition coefficient (Wildman–Crippen LogP) is 6.99. The smallest absolute Gasteiger partial charge is 0.00974 e. The minimum Gasteiger partial charge on any atom is -0.113 e. The maximum atomic E-state index is 2.35. The summed E-state index contributed by atoms with van der Waals surface area (Å²) in [7, 11) is 0.925. The molecule has 0 saturated heterocycles. The molecule has 0 heterocycles. The fourth-order valence-corrected chi connectivity index (χ4v) is 4.54. The molecule has 25 heavy (non-hydrogen) atoms. The molecule has 0 nitrogen and oxygen atoms in total. The first-order valence-electron chi connectivity index (χ1n) is 8.87. The van der Waals surface area contributed by atoms with Gasteiger partial charge in [0.1, 0.15) is 0 Å². The van der Waals surface area contributed by atoms with Gasteiger partial charge in [0.2, 0.25) is 0 Å². The molecule has 0 N–H and O–H groups in total. The Labute approximate surface area is 151 Å². The molecule has 0 saturated carbocycles. The SMILES string of the molecule is Cc1ccc2cc(CPCc3ccc4cc(C)ccc4c3)ccc2c1. The van der Waals surface area contributed by atoms with E-state index in [9.17, 15) is 0 Å². The summed E-state index contributed by atoms with van der Waals surface area (Å²) in [5.74, 6) is 0. The van der Waals surface area contributed by atoms with Crippen LogP contribution in [-0.4, -0.2) is 0 Å². The number of hydrogen-bond donors (Lipinski definition) is 0. The third kappa shape index (κ3) is 3.75. The van der Waals surface area contributed by atoms with Crippen molar-refractivity contribution in [3.8, 4) is 0 Å². The van der Waals surface area contributed by atoms with Gasteiger partial charge in [-0.25, -0.2) is 0 Å². The zero-order valence-corrected chi connectivity index (χ0v) is 15.8. The molecule has 4 aromatic rings. The Morgan fingerprint density at radius 1 is 0.520 bits per heavy atom. The number of fused-ring (bicyclic) bond motifs is 2. The first kappa shape index (κ1) is 16.3. The van der Waals surface area contributed by atoms with Gasteiger partial charge in [0.25, 0.3) is 0 Å². The van der Waals surface area contributed by atoms with Crippen LogP contribution in [0.5, 0.6) is 0 Å². The molecule has 0 aliphatic carbocycles. The highest BCUT2D eigenvalue weighted by Gasteiger charge is 2.00. The summed E-state index contributed by atoms with van der Waals surface area (Å²) in [6, 6.07) is 27.2. The molecule has 0 amide bonds. The Bertz CT molecular complexity index is 961. The summed E-state index contributed by atoms with van der Waals surface area (Å²) in [4.78, 5) is 0. The molecule has 0 aromatic heterocycles. The summed E-state index contributed by atoms with van der Waals surface area (Å²) < 4.78 is 0. The van der Waals surface area contributed by atoms with Gasteiger partial charge >= 0.3 is 0 Å². The van der Waals surface area contributed by atoms with Crippen molar-refractivity contribution in [2.75, 3.05) is 0 Å². The number of aryl methyl sites for hydroxylation is 2. The van der Waals surface area contributed by atoms with Crippen LogP contribution in [0.3, 0.4) is 0 Å². The van der Waals surface area contributed by atoms with Gasteiger partial charge < -0.3 is 0 Å². The monoisotopic (exact) mass is 342 g/mol. The van der Waals surface area contributed by atoms with Gasteiger partial charge in [-0.3, -0.25) is 0 Å². The standard InChI is InChI=1S/C24H23P/c1-17-3-7-23-13-19(5-9-21(23)11-17)15-25-16-20-6-10-22-12-18(2)4-8-24(22)14-20/h3-14,25H,15-16H2,1-2H3. The molecule has 0 bridgehead atoms. The third-order valence-electron chi connectivity index (χ3n) is 4.78. The van der Waals surface area contributed by atoms with E-state index in [0.717, 1.165) is 20.9 Å². The van der Waals surface area contributed by atoms with Gasteiger partial charge in [-0.05, 0) is 58.8 Å². The van der Waals surface area contributed by atoms with E-state index in [4.69, 9.17) is 0 Å². The van der Waals surface area contributed by atoms with Crippen molar-refractivity contribution in [3.63, 3.8) is 0 Å². The summed E-state index contributed by atoms with van der Waals surface area (Å²) in [6.07, 6.45) is 2.32. The Morgan fingerprint density at radius 2 is 0.920 bits per heavy atom. The van der Waals surface area contributed by atoms with Crippen LogP contribution in [0.4, 0.5) is 0 Å². The molecule has 0 unspecified atom stereocenters. The maximum Gasteiger partial charge on any atom is -0.00974 e. The Morgan fingerprint density at radius 3 is 1.40 bits per heavy atom. The summed E-state index contributed by atoms with van der Waals surface area (Å²) in [5, 5.41) is 5.40. The Hall–Kier alpha value is -2.17. The second-order valence-electron chi connectivity index (χ2n) is 6.97. The quantitative estimate of drug-likeness (QED) is 0.351. The van der Waals surface area contributed by atoms with E-state index in [1.807, 2.05) is 0 Å². The van der Waals surface area contributed by atoms with Gasteiger partial charge in [-0.15, -0.1) is 8.58 Å². The van der Waals surface area contributed by atoms with Gasteiger partial charge in [0.05, 0.1) is 0 Å². The minimum atomic E-state index is 0.925. The molecule has 4 rings (SSSR count). The van der Waals surface area contributed by atoms with Crippen LogP contribution in [0.2, 0.25) is 0 Å². The fourth-order valence-electron chi connectivity index (χ4n) is 3.40. The van der Waals surface area contributed by atoms with E-state index < -0.39 is 0 Å². The Balaban J connectivity index is 1.45. The van der Waals surface area contributed by atoms with Crippen LogP contribution >= 0.6 is 8.58 Å². The van der Waals surface area contributed by atoms with Crippen LogP contribution in [0.25, 0.3) is 21.5 Å². The first-order chi connectivity index (χ1) is 12.2. The van der Waals surface area contributed by atoms with E-state index in [0.29, 0.717) is 0 Å². The van der Waals surface area contributed by atoms with Crippen molar-refractivity contribution in [3.05, 3.63) is 95.1 Å². The zero-order valence-electron chi connectivity index (χ0n) is 14.8. The highest BCUT2D eigenvalue weighted by molar-refractivity contribution is 7.36. The normalized spacial score (nSPS) is 11.3. The largest absolute Gasteiger partial charge is 0.113 e. The third-order valence-corrected chi connectivity index (χ3v) is 6.10. The van der Waals surface area contributed by atoms with E-state index in [1.165, 1.54) is 43.8 Å². The van der Waals surface area contributed by atoms with Crippen molar-refractivity contribution in [2.45, 2.75) is 26.2 Å². The number of hydrogen-bond acceptors (Lipinski definition) is 0. The van der Waals surface area contributed by atoms with Crippen LogP contribution in [0.15, 0.2) is 72.8 Å². The molecule has 1 heteroatoms. The van der Waals surface area contributed by atoms with Crippen LogP contribution < -0.4 is 0 Å². The molecule has 4 aromatic carbocycles. The van der Waals surface area contributed by atoms with E-state index in [1.54, 1.807) is 0 Å². The van der Waals surface area contributed by atoms with Gasteiger partial charge in [0.15, 0.2) is 0 Å². The van der Waals surface area contributed by atoms with Gasteiger partial charge in [0, 0.05) is 0 Å². The first-order valence-corrected chi connectivity index (χ1v) is 10.3. The molecule has 0 aliphatic heterocycles. The van der Waals surface area contributed by atoms with Crippen molar-refractivity contribution in [1.82, 2.24) is 0 Å². The molecule has 124 valence electrons. The lowest BCUT2D eigenvalue weighted by atomic mass is 10.1. The molecular formula is C24H23P. The van der Waals surface area contributed by atoms with Crippen molar-refractivity contribution >= 4 is 30.1 Å². The lowest BCUT2D eigenvalue weighted by molar-refractivity contribution is 1.36. The number of rotatable bonds is 4. The summed E-state index contributed by atoms with van der Waals surface area (Å²) in [6.45, 7) is 4.30. The molecule has 0 fully saturated rings. The van der Waals surface area contributed by atoms with Crippen LogP contribution in [0, 0.1) is 13.8 Å². The molecule has 0 radical (unpaired) electrons. The van der Waals surface area contributed by atoms with E-state index in [-0.39, 0.29) is 0 Å². The maximum absolute atomic E-state index is 2.35. The van der Waals surface area contributed by atoms with Gasteiger partial charge in [-0.2, -0.15) is 0 Å². The van der Waals surface area contributed by atoms with Gasteiger partial charge in [-0.1, -0.05) is 83.9 Å². The molecule has 0 atom stereocenters. The molecular weight excluding hydrogens is 319 g/mol. The van der Waals surface area contributed by atoms with E-state index >= 15 is 0 Å². The summed E-state index contributed by atoms with van der Waals surface area (Å²) >= 11 is 0.